The molecule has 0 saturated carbocycles. The number of H-pyrrole nitrogens is 1. The van der Waals surface area contributed by atoms with E-state index in [-0.39, 0.29) is 34.1 Å². The molecule has 8 heteroatoms. The van der Waals surface area contributed by atoms with E-state index in [9.17, 15) is 9.59 Å². The highest BCUT2D eigenvalue weighted by Crippen LogP contribution is 2.33. The fourth-order valence-electron chi connectivity index (χ4n) is 2.98. The second-order valence-corrected chi connectivity index (χ2v) is 8.01. The minimum atomic E-state index is -0.971. The summed E-state index contributed by atoms with van der Waals surface area (Å²) >= 11 is 6.25. The number of halogens is 2. The minimum Gasteiger partial charge on any atom is -0.369 e. The molecule has 0 saturated heterocycles. The normalized spacial score (nSPS) is 11.0. The molecule has 0 atom stereocenters. The van der Waals surface area contributed by atoms with Crippen LogP contribution in [0.5, 0.6) is 0 Å². The van der Waals surface area contributed by atoms with Crippen molar-refractivity contribution in [3.63, 3.8) is 0 Å². The van der Waals surface area contributed by atoms with Gasteiger partial charge in [-0.15, -0.1) is 5.92 Å². The number of hydrogen-bond acceptors (Lipinski definition) is 4. The number of carbonyl (C=O) groups excluding carboxylic acids is 1. The van der Waals surface area contributed by atoms with Crippen molar-refractivity contribution in [3.8, 4) is 34.6 Å². The Morgan fingerprint density at radius 3 is 2.61 bits per heavy atom. The molecule has 1 amide bonds. The second kappa shape index (κ2) is 8.70. The zero-order chi connectivity index (χ0) is 22.8. The van der Waals surface area contributed by atoms with E-state index in [1.54, 1.807) is 39.1 Å². The molecule has 0 aliphatic heterocycles. The van der Waals surface area contributed by atoms with Crippen molar-refractivity contribution < 1.29 is 9.18 Å². The van der Waals surface area contributed by atoms with Gasteiger partial charge in [-0.25, -0.2) is 9.37 Å². The lowest BCUT2D eigenvalue weighted by molar-refractivity contribution is -0.125. The molecule has 6 nitrogen and oxygen atoms in total. The molecule has 0 bridgehead atoms. The highest BCUT2D eigenvalue weighted by atomic mass is 35.5. The molecule has 0 aliphatic rings. The summed E-state index contributed by atoms with van der Waals surface area (Å²) in [5.41, 5.74) is 5.53. The van der Waals surface area contributed by atoms with E-state index in [2.05, 4.69) is 26.8 Å². The number of nitrogens with two attached hydrogens (primary N) is 1. The zero-order valence-electron chi connectivity index (χ0n) is 17.2. The van der Waals surface area contributed by atoms with Crippen LogP contribution in [0.2, 0.25) is 5.02 Å². The standard InChI is InChI=1S/C23H20ClFN4O2/c1-4-5-13-6-9-16(27-12-13)17-10-18(30)29-21(28-17)19-15(24)8-7-14(20(19)25)11-23(2,3)22(26)31/h6-10,12H,11H2,1-3H3,(H2,26,31)(H,28,29,30). The lowest BCUT2D eigenvalue weighted by atomic mass is 9.84. The SMILES string of the molecule is CC#Cc1ccc(-c2cc(=O)[nH]c(-c3c(Cl)ccc(CC(C)(C)C(N)=O)c3F)n2)nc1. The van der Waals surface area contributed by atoms with Crippen molar-refractivity contribution in [2.45, 2.75) is 27.2 Å². The molecular formula is C23H20ClFN4O2. The maximum Gasteiger partial charge on any atom is 0.251 e. The van der Waals surface area contributed by atoms with E-state index in [4.69, 9.17) is 17.3 Å². The summed E-state index contributed by atoms with van der Waals surface area (Å²) in [4.78, 5) is 35.1. The molecule has 3 N–H and O–H groups in total. The maximum absolute atomic E-state index is 15.4. The minimum absolute atomic E-state index is 0.0389. The highest BCUT2D eigenvalue weighted by molar-refractivity contribution is 6.33. The lowest BCUT2D eigenvalue weighted by Crippen LogP contribution is -2.33. The van der Waals surface area contributed by atoms with Gasteiger partial charge in [-0.3, -0.25) is 14.6 Å². The second-order valence-electron chi connectivity index (χ2n) is 7.61. The molecule has 3 rings (SSSR count). The number of nitrogens with one attached hydrogen (secondary N) is 1. The Kier molecular flexibility index (Phi) is 6.23. The zero-order valence-corrected chi connectivity index (χ0v) is 18.0. The van der Waals surface area contributed by atoms with Crippen molar-refractivity contribution in [1.29, 1.82) is 0 Å². The van der Waals surface area contributed by atoms with Crippen LogP contribution in [0.15, 0.2) is 41.3 Å². The number of carbonyl (C=O) groups is 1. The fourth-order valence-corrected chi connectivity index (χ4v) is 3.22. The van der Waals surface area contributed by atoms with E-state index in [1.165, 1.54) is 18.2 Å². The molecule has 2 aromatic heterocycles. The van der Waals surface area contributed by atoms with Crippen LogP contribution in [0, 0.1) is 23.1 Å². The van der Waals surface area contributed by atoms with Crippen molar-refractivity contribution in [2.24, 2.45) is 11.1 Å². The first kappa shape index (κ1) is 22.2. The van der Waals surface area contributed by atoms with Crippen LogP contribution in [0.4, 0.5) is 4.39 Å². The lowest BCUT2D eigenvalue weighted by Gasteiger charge is -2.21. The number of rotatable bonds is 5. The third kappa shape index (κ3) is 4.81. The van der Waals surface area contributed by atoms with Gasteiger partial charge in [0, 0.05) is 23.2 Å². The predicted molar refractivity (Wildman–Crippen MR) is 118 cm³/mol. The summed E-state index contributed by atoms with van der Waals surface area (Å²) in [6, 6.07) is 7.68. The summed E-state index contributed by atoms with van der Waals surface area (Å²) in [7, 11) is 0. The molecule has 31 heavy (non-hydrogen) atoms. The maximum atomic E-state index is 15.4. The molecule has 0 unspecified atom stereocenters. The van der Waals surface area contributed by atoms with Crippen LogP contribution in [0.25, 0.3) is 22.8 Å². The average Bonchev–Trinajstić information content (AvgIpc) is 2.70. The molecule has 0 spiro atoms. The molecule has 0 radical (unpaired) electrons. The molecule has 158 valence electrons. The third-order valence-corrected chi connectivity index (χ3v) is 5.06. The summed E-state index contributed by atoms with van der Waals surface area (Å²) in [6.07, 6.45) is 1.62. The van der Waals surface area contributed by atoms with Gasteiger partial charge >= 0.3 is 0 Å². The average molecular weight is 439 g/mol. The Morgan fingerprint density at radius 1 is 1.26 bits per heavy atom. The van der Waals surface area contributed by atoms with E-state index in [0.717, 1.165) is 5.56 Å². The number of benzene rings is 1. The Bertz CT molecular complexity index is 1270. The molecule has 1 aromatic carbocycles. The first-order valence-corrected chi connectivity index (χ1v) is 9.78. The number of aromatic nitrogens is 3. The van der Waals surface area contributed by atoms with Gasteiger partial charge in [-0.1, -0.05) is 37.4 Å². The van der Waals surface area contributed by atoms with E-state index in [0.29, 0.717) is 5.69 Å². The first-order valence-electron chi connectivity index (χ1n) is 9.40. The fraction of sp³-hybridized carbons (Fsp3) is 0.217. The number of primary amides is 1. The molecular weight excluding hydrogens is 419 g/mol. The Balaban J connectivity index is 2.10. The van der Waals surface area contributed by atoms with Gasteiger partial charge in [0.2, 0.25) is 5.91 Å². The molecule has 0 aliphatic carbocycles. The van der Waals surface area contributed by atoms with Crippen molar-refractivity contribution in [2.75, 3.05) is 0 Å². The summed E-state index contributed by atoms with van der Waals surface area (Å²) in [6.45, 7) is 4.97. The van der Waals surface area contributed by atoms with Crippen molar-refractivity contribution in [1.82, 2.24) is 15.0 Å². The summed E-state index contributed by atoms with van der Waals surface area (Å²) < 4.78 is 15.4. The van der Waals surface area contributed by atoms with E-state index in [1.807, 2.05) is 0 Å². The van der Waals surface area contributed by atoms with Gasteiger partial charge in [-0.2, -0.15) is 0 Å². The number of pyridine rings is 1. The van der Waals surface area contributed by atoms with Crippen LogP contribution in [-0.2, 0) is 11.2 Å². The Labute approximate surface area is 183 Å². The van der Waals surface area contributed by atoms with Crippen molar-refractivity contribution in [3.05, 3.63) is 68.8 Å². The number of aromatic amines is 1. The topological polar surface area (TPSA) is 102 Å². The summed E-state index contributed by atoms with van der Waals surface area (Å²) in [5, 5.41) is 0.0694. The van der Waals surface area contributed by atoms with Gasteiger partial charge in [0.1, 0.15) is 11.6 Å². The quantitative estimate of drug-likeness (QED) is 0.592. The largest absolute Gasteiger partial charge is 0.369 e. The number of nitrogens with zero attached hydrogens (tertiary/aromatic N) is 2. The molecule has 3 aromatic rings. The molecule has 2 heterocycles. The smallest absolute Gasteiger partial charge is 0.251 e. The van der Waals surface area contributed by atoms with Gasteiger partial charge in [0.05, 0.1) is 22.0 Å². The van der Waals surface area contributed by atoms with Gasteiger partial charge in [0.25, 0.3) is 5.56 Å². The third-order valence-electron chi connectivity index (χ3n) is 4.74. The van der Waals surface area contributed by atoms with Crippen LogP contribution >= 0.6 is 11.6 Å². The van der Waals surface area contributed by atoms with Crippen LogP contribution in [0.1, 0.15) is 31.9 Å². The molecule has 0 fully saturated rings. The monoisotopic (exact) mass is 438 g/mol. The highest BCUT2D eigenvalue weighted by Gasteiger charge is 2.28. The van der Waals surface area contributed by atoms with Crippen LogP contribution in [-0.4, -0.2) is 20.9 Å². The van der Waals surface area contributed by atoms with Gasteiger partial charge in [-0.05, 0) is 37.1 Å². The van der Waals surface area contributed by atoms with Gasteiger partial charge in [0.15, 0.2) is 0 Å². The van der Waals surface area contributed by atoms with Crippen LogP contribution < -0.4 is 11.3 Å². The van der Waals surface area contributed by atoms with Crippen LogP contribution in [0.3, 0.4) is 0 Å². The summed E-state index contributed by atoms with van der Waals surface area (Å²) in [5.74, 6) is 4.39. The van der Waals surface area contributed by atoms with E-state index < -0.39 is 22.7 Å². The first-order chi connectivity index (χ1) is 14.6. The number of amides is 1. The Morgan fingerprint density at radius 2 is 2.00 bits per heavy atom. The van der Waals surface area contributed by atoms with Gasteiger partial charge < -0.3 is 10.7 Å². The predicted octanol–water partition coefficient (Wildman–Crippen LogP) is 3.72. The van der Waals surface area contributed by atoms with E-state index >= 15 is 4.39 Å². The Hall–Kier alpha value is -3.50. The van der Waals surface area contributed by atoms with Crippen molar-refractivity contribution >= 4 is 17.5 Å². The number of hydrogen-bond donors (Lipinski definition) is 2.